The molecule has 1 saturated heterocycles. The molecule has 1 aliphatic heterocycles. The first-order valence-electron chi connectivity index (χ1n) is 10.6. The van der Waals surface area contributed by atoms with E-state index in [1.54, 1.807) is 18.2 Å². The number of carbonyl (C=O) groups excluding carboxylic acids is 4. The van der Waals surface area contributed by atoms with Crippen molar-refractivity contribution in [1.82, 2.24) is 0 Å². The van der Waals surface area contributed by atoms with E-state index in [9.17, 15) is 19.2 Å². The van der Waals surface area contributed by atoms with Gasteiger partial charge in [0.1, 0.15) is 0 Å². The van der Waals surface area contributed by atoms with Gasteiger partial charge in [0.2, 0.25) is 11.8 Å². The zero-order valence-electron chi connectivity index (χ0n) is 18.1. The summed E-state index contributed by atoms with van der Waals surface area (Å²) >= 11 is 18.4. The number of nitrogens with zero attached hydrogens (tertiary/aromatic N) is 1. The number of nitrogens with one attached hydrogen (secondary N) is 1. The Morgan fingerprint density at radius 2 is 1.59 bits per heavy atom. The van der Waals surface area contributed by atoms with Gasteiger partial charge in [-0.05, 0) is 61.7 Å². The van der Waals surface area contributed by atoms with Crippen LogP contribution in [0, 0.1) is 18.8 Å². The number of amides is 3. The van der Waals surface area contributed by atoms with E-state index in [-0.39, 0.29) is 28.1 Å². The molecule has 0 bridgehead atoms. The fraction of sp³-hybridized carbons (Fsp3) is 0.333. The predicted molar refractivity (Wildman–Crippen MR) is 130 cm³/mol. The molecule has 0 radical (unpaired) electrons. The maximum Gasteiger partial charge on any atom is 0.338 e. The molecule has 0 aromatic heterocycles. The average Bonchev–Trinajstić information content (AvgIpc) is 3.04. The number of hydrogen-bond acceptors (Lipinski definition) is 5. The van der Waals surface area contributed by atoms with Crippen LogP contribution < -0.4 is 10.2 Å². The van der Waals surface area contributed by atoms with Crippen molar-refractivity contribution in [1.29, 1.82) is 0 Å². The van der Waals surface area contributed by atoms with Crippen LogP contribution in [0.3, 0.4) is 0 Å². The molecule has 178 valence electrons. The Labute approximate surface area is 211 Å². The van der Waals surface area contributed by atoms with Gasteiger partial charge in [-0.1, -0.05) is 17.7 Å². The van der Waals surface area contributed by atoms with Crippen LogP contribution in [-0.2, 0) is 19.1 Å². The highest BCUT2D eigenvalue weighted by molar-refractivity contribution is 6.31. The number of benzene rings is 2. The summed E-state index contributed by atoms with van der Waals surface area (Å²) in [7, 11) is 0. The molecule has 2 aliphatic rings. The van der Waals surface area contributed by atoms with E-state index in [0.29, 0.717) is 29.2 Å². The smallest absolute Gasteiger partial charge is 0.338 e. The Bertz CT molecular complexity index is 1130. The predicted octanol–water partition coefficient (Wildman–Crippen LogP) is 4.56. The molecule has 2 fully saturated rings. The summed E-state index contributed by atoms with van der Waals surface area (Å²) in [6.45, 7) is 1.32. The molecule has 1 N–H and O–H groups in total. The molecule has 0 unspecified atom stereocenters. The van der Waals surface area contributed by atoms with Crippen LogP contribution in [-0.4, -0.2) is 41.1 Å². The summed E-state index contributed by atoms with van der Waals surface area (Å²) in [6, 6.07) is 10.9. The number of anilines is 2. The first kappa shape index (κ1) is 24.5. The van der Waals surface area contributed by atoms with Crippen molar-refractivity contribution < 1.29 is 23.9 Å². The largest absolute Gasteiger partial charge is 0.452 e. The van der Waals surface area contributed by atoms with E-state index in [1.165, 1.54) is 24.3 Å². The monoisotopic (exact) mass is 522 g/mol. The number of alkyl halides is 2. The van der Waals surface area contributed by atoms with Crippen LogP contribution in [0.15, 0.2) is 42.5 Å². The van der Waals surface area contributed by atoms with Crippen LogP contribution >= 0.6 is 34.8 Å². The number of aryl methyl sites for hydroxylation is 1. The number of ether oxygens (including phenoxy) is 1. The minimum absolute atomic E-state index is 0.175. The van der Waals surface area contributed by atoms with Crippen LogP contribution in [0.25, 0.3) is 0 Å². The third-order valence-corrected chi connectivity index (χ3v) is 7.41. The summed E-state index contributed by atoms with van der Waals surface area (Å²) in [6.07, 6.45) is 0.700. The average molecular weight is 524 g/mol. The van der Waals surface area contributed by atoms with E-state index in [4.69, 9.17) is 39.5 Å². The van der Waals surface area contributed by atoms with Crippen molar-refractivity contribution in [3.05, 3.63) is 58.6 Å². The number of fused-ring (bicyclic) bond motifs is 1. The molecule has 2 aromatic carbocycles. The maximum atomic E-state index is 12.9. The zero-order valence-corrected chi connectivity index (χ0v) is 20.4. The standard InChI is InChI=1S/C24H21Cl3N2O5/c1-12-2-5-14(25)8-20(12)28-21(30)11-34-24(33)13-3-6-15(7-4-13)29-22(31)16-9-18(26)19(27)10-17(16)23(29)32/h2-8,16-19H,9-11H2,1H3,(H,28,30)/t16-,17-,18-,19+/m1/s1. The maximum absolute atomic E-state index is 12.9. The highest BCUT2D eigenvalue weighted by Crippen LogP contribution is 2.43. The second-order valence-corrected chi connectivity index (χ2v) is 9.92. The molecule has 1 saturated carbocycles. The molecule has 3 amide bonds. The van der Waals surface area contributed by atoms with Gasteiger partial charge in [0, 0.05) is 10.7 Å². The molecule has 1 heterocycles. The molecular weight excluding hydrogens is 503 g/mol. The second-order valence-electron chi connectivity index (χ2n) is 8.36. The quantitative estimate of drug-likeness (QED) is 0.352. The first-order valence-corrected chi connectivity index (χ1v) is 11.9. The summed E-state index contributed by atoms with van der Waals surface area (Å²) in [4.78, 5) is 51.3. The van der Waals surface area contributed by atoms with Gasteiger partial charge in [0.05, 0.1) is 33.8 Å². The Morgan fingerprint density at radius 3 is 2.18 bits per heavy atom. The van der Waals surface area contributed by atoms with Crippen molar-refractivity contribution in [2.45, 2.75) is 30.5 Å². The zero-order chi connectivity index (χ0) is 24.6. The number of rotatable bonds is 5. The summed E-state index contributed by atoms with van der Waals surface area (Å²) in [5.41, 5.74) is 1.87. The molecule has 4 atom stereocenters. The molecule has 10 heteroatoms. The van der Waals surface area contributed by atoms with E-state index in [2.05, 4.69) is 5.32 Å². The van der Waals surface area contributed by atoms with Gasteiger partial charge in [-0.15, -0.1) is 23.2 Å². The molecule has 1 aliphatic carbocycles. The van der Waals surface area contributed by atoms with Gasteiger partial charge in [0.25, 0.3) is 5.91 Å². The van der Waals surface area contributed by atoms with Crippen LogP contribution in [0.5, 0.6) is 0 Å². The van der Waals surface area contributed by atoms with Crippen molar-refractivity contribution >= 4 is 69.9 Å². The normalized spacial score (nSPS) is 24.1. The highest BCUT2D eigenvalue weighted by Gasteiger charge is 2.52. The fourth-order valence-corrected chi connectivity index (χ4v) is 4.99. The lowest BCUT2D eigenvalue weighted by Gasteiger charge is -2.28. The third-order valence-electron chi connectivity index (χ3n) is 6.08. The van der Waals surface area contributed by atoms with E-state index >= 15 is 0 Å². The van der Waals surface area contributed by atoms with Crippen molar-refractivity contribution in [3.63, 3.8) is 0 Å². The molecular formula is C24H21Cl3N2O5. The van der Waals surface area contributed by atoms with Gasteiger partial charge in [-0.25, -0.2) is 4.79 Å². The van der Waals surface area contributed by atoms with Crippen molar-refractivity contribution in [2.75, 3.05) is 16.8 Å². The van der Waals surface area contributed by atoms with Crippen LogP contribution in [0.4, 0.5) is 11.4 Å². The first-order chi connectivity index (χ1) is 16.2. The highest BCUT2D eigenvalue weighted by atomic mass is 35.5. The Balaban J connectivity index is 1.37. The molecule has 7 nitrogen and oxygen atoms in total. The minimum Gasteiger partial charge on any atom is -0.452 e. The Kier molecular flexibility index (Phi) is 7.17. The van der Waals surface area contributed by atoms with Gasteiger partial charge < -0.3 is 10.1 Å². The molecule has 0 spiro atoms. The van der Waals surface area contributed by atoms with Crippen LogP contribution in [0.2, 0.25) is 5.02 Å². The number of hydrogen-bond donors (Lipinski definition) is 1. The topological polar surface area (TPSA) is 92.8 Å². The Morgan fingerprint density at radius 1 is 1.00 bits per heavy atom. The lowest BCUT2D eigenvalue weighted by molar-refractivity contribution is -0.122. The van der Waals surface area contributed by atoms with Gasteiger partial charge in [0.15, 0.2) is 6.61 Å². The molecule has 4 rings (SSSR count). The number of imide groups is 1. The summed E-state index contributed by atoms with van der Waals surface area (Å²) < 4.78 is 5.08. The SMILES string of the molecule is Cc1ccc(Cl)cc1NC(=O)COC(=O)c1ccc(N2C(=O)[C@@H]3C[C@@H](Cl)[C@@H](Cl)C[C@H]3C2=O)cc1. The summed E-state index contributed by atoms with van der Waals surface area (Å²) in [5.74, 6) is -2.83. The van der Waals surface area contributed by atoms with E-state index < -0.39 is 30.3 Å². The number of carbonyl (C=O) groups is 4. The van der Waals surface area contributed by atoms with Gasteiger partial charge in [-0.3, -0.25) is 19.3 Å². The van der Waals surface area contributed by atoms with Crippen molar-refractivity contribution in [3.8, 4) is 0 Å². The summed E-state index contributed by atoms with van der Waals surface area (Å²) in [5, 5.41) is 2.38. The lowest BCUT2D eigenvalue weighted by Crippen LogP contribution is -2.34. The van der Waals surface area contributed by atoms with Gasteiger partial charge >= 0.3 is 5.97 Å². The molecule has 34 heavy (non-hydrogen) atoms. The van der Waals surface area contributed by atoms with Crippen molar-refractivity contribution in [2.24, 2.45) is 11.8 Å². The fourth-order valence-electron chi connectivity index (χ4n) is 4.23. The van der Waals surface area contributed by atoms with Crippen LogP contribution in [0.1, 0.15) is 28.8 Å². The third kappa shape index (κ3) is 4.92. The lowest BCUT2D eigenvalue weighted by atomic mass is 9.80. The Hall–Kier alpha value is -2.61. The molecule has 2 aromatic rings. The number of halogens is 3. The van der Waals surface area contributed by atoms with E-state index in [0.717, 1.165) is 10.5 Å². The minimum atomic E-state index is -0.716. The number of esters is 1. The second kappa shape index (κ2) is 9.94. The van der Waals surface area contributed by atoms with E-state index in [1.807, 2.05) is 6.92 Å². The van der Waals surface area contributed by atoms with Gasteiger partial charge in [-0.2, -0.15) is 0 Å².